The zero-order chi connectivity index (χ0) is 13.8. The summed E-state index contributed by atoms with van der Waals surface area (Å²) in [6, 6.07) is 6.62. The Hall–Kier alpha value is -0.930. The van der Waals surface area contributed by atoms with E-state index in [1.807, 2.05) is 19.9 Å². The van der Waals surface area contributed by atoms with Crippen LogP contribution < -0.4 is 5.32 Å². The van der Waals surface area contributed by atoms with E-state index in [4.69, 9.17) is 0 Å². The minimum absolute atomic E-state index is 0.107. The van der Waals surface area contributed by atoms with Gasteiger partial charge < -0.3 is 10.4 Å². The Labute approximate surface area is 109 Å². The smallest absolute Gasteiger partial charge is 0.127 e. The van der Waals surface area contributed by atoms with Gasteiger partial charge >= 0.3 is 0 Å². The first kappa shape index (κ1) is 15.1. The van der Waals surface area contributed by atoms with Crippen LogP contribution in [-0.4, -0.2) is 17.3 Å². The summed E-state index contributed by atoms with van der Waals surface area (Å²) in [6.45, 7) is 8.34. The maximum Gasteiger partial charge on any atom is 0.127 e. The molecule has 0 aliphatic carbocycles. The number of aliphatic hydroxyl groups is 1. The van der Waals surface area contributed by atoms with Gasteiger partial charge in [-0.2, -0.15) is 0 Å². The Balaban J connectivity index is 2.56. The van der Waals surface area contributed by atoms with E-state index in [1.54, 1.807) is 12.1 Å². The van der Waals surface area contributed by atoms with E-state index in [-0.39, 0.29) is 11.9 Å². The second kappa shape index (κ2) is 6.30. The highest BCUT2D eigenvalue weighted by molar-refractivity contribution is 5.20. The maximum absolute atomic E-state index is 13.6. The van der Waals surface area contributed by atoms with Gasteiger partial charge in [0.15, 0.2) is 0 Å². The van der Waals surface area contributed by atoms with Gasteiger partial charge in [0.05, 0.1) is 5.60 Å². The van der Waals surface area contributed by atoms with Gasteiger partial charge in [-0.15, -0.1) is 0 Å². The van der Waals surface area contributed by atoms with Crippen molar-refractivity contribution in [2.45, 2.75) is 45.8 Å². The first-order valence-corrected chi connectivity index (χ1v) is 6.52. The van der Waals surface area contributed by atoms with Crippen LogP contribution in [0.2, 0.25) is 0 Å². The van der Waals surface area contributed by atoms with Crippen LogP contribution in [0.15, 0.2) is 24.3 Å². The Kier molecular flexibility index (Phi) is 5.29. The van der Waals surface area contributed by atoms with Crippen molar-refractivity contribution in [3.8, 4) is 0 Å². The number of nitrogens with one attached hydrogen (secondary N) is 1. The van der Waals surface area contributed by atoms with Crippen molar-refractivity contribution in [3.05, 3.63) is 35.6 Å². The first-order valence-electron chi connectivity index (χ1n) is 6.52. The lowest BCUT2D eigenvalue weighted by molar-refractivity contribution is 0.0362. The van der Waals surface area contributed by atoms with Crippen molar-refractivity contribution in [2.75, 3.05) is 6.54 Å². The van der Waals surface area contributed by atoms with Crippen LogP contribution in [0.25, 0.3) is 0 Å². The summed E-state index contributed by atoms with van der Waals surface area (Å²) < 4.78 is 13.6. The molecule has 1 aromatic rings. The van der Waals surface area contributed by atoms with Crippen LogP contribution in [0.3, 0.4) is 0 Å². The lowest BCUT2D eigenvalue weighted by atomic mass is 9.94. The second-order valence-corrected chi connectivity index (χ2v) is 5.72. The van der Waals surface area contributed by atoms with Crippen LogP contribution in [0.5, 0.6) is 0 Å². The van der Waals surface area contributed by atoms with Gasteiger partial charge in [-0.1, -0.05) is 32.0 Å². The molecule has 2 N–H and O–H groups in total. The minimum Gasteiger partial charge on any atom is -0.389 e. The van der Waals surface area contributed by atoms with Crippen molar-refractivity contribution in [1.82, 2.24) is 5.32 Å². The minimum atomic E-state index is -0.756. The summed E-state index contributed by atoms with van der Waals surface area (Å²) in [7, 11) is 0. The molecule has 0 fully saturated rings. The summed E-state index contributed by atoms with van der Waals surface area (Å²) in [5.74, 6) is 0.228. The van der Waals surface area contributed by atoms with Crippen LogP contribution in [-0.2, 0) is 0 Å². The maximum atomic E-state index is 13.6. The largest absolute Gasteiger partial charge is 0.389 e. The Morgan fingerprint density at radius 3 is 2.44 bits per heavy atom. The zero-order valence-corrected chi connectivity index (χ0v) is 11.7. The lowest BCUT2D eigenvalue weighted by Gasteiger charge is -2.27. The number of benzene rings is 1. The first-order chi connectivity index (χ1) is 8.32. The fourth-order valence-corrected chi connectivity index (χ4v) is 2.26. The van der Waals surface area contributed by atoms with Gasteiger partial charge in [0.1, 0.15) is 5.82 Å². The predicted octanol–water partition coefficient (Wildman–Crippen LogP) is 3.27. The van der Waals surface area contributed by atoms with Crippen LogP contribution >= 0.6 is 0 Å². The van der Waals surface area contributed by atoms with Crippen molar-refractivity contribution < 1.29 is 9.50 Å². The second-order valence-electron chi connectivity index (χ2n) is 5.72. The van der Waals surface area contributed by atoms with Crippen LogP contribution in [0.1, 0.15) is 45.7 Å². The normalized spacial score (nSPS) is 16.6. The van der Waals surface area contributed by atoms with Gasteiger partial charge in [0.2, 0.25) is 0 Å². The fourth-order valence-electron chi connectivity index (χ4n) is 2.26. The highest BCUT2D eigenvalue weighted by Gasteiger charge is 2.22. The van der Waals surface area contributed by atoms with Crippen LogP contribution in [0.4, 0.5) is 4.39 Å². The molecule has 2 unspecified atom stereocenters. The molecule has 0 aliphatic rings. The summed E-state index contributed by atoms with van der Waals surface area (Å²) in [5, 5.41) is 13.4. The SMILES string of the molecule is CC(C)CC(C)(O)CNC(C)c1ccccc1F. The van der Waals surface area contributed by atoms with Gasteiger partial charge in [0.25, 0.3) is 0 Å². The van der Waals surface area contributed by atoms with E-state index in [9.17, 15) is 9.50 Å². The van der Waals surface area contributed by atoms with Gasteiger partial charge in [-0.3, -0.25) is 0 Å². The van der Waals surface area contributed by atoms with Gasteiger partial charge in [0, 0.05) is 18.2 Å². The molecule has 0 amide bonds. The number of hydrogen-bond acceptors (Lipinski definition) is 2. The molecular weight excluding hydrogens is 229 g/mol. The molecule has 0 aliphatic heterocycles. The zero-order valence-electron chi connectivity index (χ0n) is 11.7. The summed E-state index contributed by atoms with van der Waals surface area (Å²) in [6.07, 6.45) is 0.726. The van der Waals surface area contributed by atoms with E-state index in [2.05, 4.69) is 19.2 Å². The fraction of sp³-hybridized carbons (Fsp3) is 0.600. The Morgan fingerprint density at radius 2 is 1.89 bits per heavy atom. The molecule has 1 rings (SSSR count). The molecule has 0 heterocycles. The van der Waals surface area contributed by atoms with E-state index in [1.165, 1.54) is 6.07 Å². The van der Waals surface area contributed by atoms with E-state index in [0.717, 1.165) is 6.42 Å². The molecule has 0 saturated carbocycles. The molecule has 2 atom stereocenters. The van der Waals surface area contributed by atoms with Crippen molar-refractivity contribution in [2.24, 2.45) is 5.92 Å². The molecular formula is C15H24FNO. The molecule has 102 valence electrons. The topological polar surface area (TPSA) is 32.3 Å². The molecule has 18 heavy (non-hydrogen) atoms. The van der Waals surface area contributed by atoms with Crippen molar-refractivity contribution in [1.29, 1.82) is 0 Å². The average Bonchev–Trinajstić information content (AvgIpc) is 2.25. The molecule has 1 aromatic carbocycles. The standard InChI is InChI=1S/C15H24FNO/c1-11(2)9-15(4,18)10-17-12(3)13-7-5-6-8-14(13)16/h5-8,11-12,17-18H,9-10H2,1-4H3. The molecule has 0 aromatic heterocycles. The third-order valence-corrected chi connectivity index (χ3v) is 3.01. The number of halogens is 1. The van der Waals surface area contributed by atoms with Crippen LogP contribution in [0, 0.1) is 11.7 Å². The molecule has 0 bridgehead atoms. The van der Waals surface area contributed by atoms with E-state index < -0.39 is 5.60 Å². The Morgan fingerprint density at radius 1 is 1.28 bits per heavy atom. The molecule has 2 nitrogen and oxygen atoms in total. The number of rotatable bonds is 6. The molecule has 0 radical (unpaired) electrons. The predicted molar refractivity (Wildman–Crippen MR) is 72.9 cm³/mol. The molecule has 0 saturated heterocycles. The summed E-state index contributed by atoms with van der Waals surface area (Å²) in [5.41, 5.74) is -0.119. The van der Waals surface area contributed by atoms with E-state index >= 15 is 0 Å². The van der Waals surface area contributed by atoms with Gasteiger partial charge in [-0.05, 0) is 32.3 Å². The van der Waals surface area contributed by atoms with Crippen molar-refractivity contribution >= 4 is 0 Å². The lowest BCUT2D eigenvalue weighted by Crippen LogP contribution is -2.40. The monoisotopic (exact) mass is 253 g/mol. The quantitative estimate of drug-likeness (QED) is 0.815. The summed E-state index contributed by atoms with van der Waals surface area (Å²) in [4.78, 5) is 0. The average molecular weight is 253 g/mol. The number of hydrogen-bond donors (Lipinski definition) is 2. The van der Waals surface area contributed by atoms with E-state index in [0.29, 0.717) is 18.0 Å². The van der Waals surface area contributed by atoms with Gasteiger partial charge in [-0.25, -0.2) is 4.39 Å². The molecule has 0 spiro atoms. The highest BCUT2D eigenvalue weighted by atomic mass is 19.1. The Bertz CT molecular complexity index is 377. The third-order valence-electron chi connectivity index (χ3n) is 3.01. The third kappa shape index (κ3) is 4.75. The molecule has 3 heteroatoms. The highest BCUT2D eigenvalue weighted by Crippen LogP contribution is 2.19. The summed E-state index contributed by atoms with van der Waals surface area (Å²) >= 11 is 0. The van der Waals surface area contributed by atoms with Crippen molar-refractivity contribution in [3.63, 3.8) is 0 Å².